The van der Waals surface area contributed by atoms with Crippen LogP contribution in [0.4, 0.5) is 5.82 Å². The molecule has 1 aromatic heterocycles. The lowest BCUT2D eigenvalue weighted by Gasteiger charge is -2.16. The summed E-state index contributed by atoms with van der Waals surface area (Å²) in [6.45, 7) is 5.30. The number of hydrogen-bond acceptors (Lipinski definition) is 5. The van der Waals surface area contributed by atoms with Crippen LogP contribution in [-0.2, 0) is 11.3 Å². The van der Waals surface area contributed by atoms with Gasteiger partial charge in [-0.05, 0) is 26.2 Å². The van der Waals surface area contributed by atoms with E-state index >= 15 is 0 Å². The number of nitrogens with one attached hydrogen (secondary N) is 1. The third kappa shape index (κ3) is 3.59. The molecule has 2 aliphatic rings. The standard InChI is InChI=1S/C14H21ClN4O/c1-2-20-9-14-17-12(15)7-13(18-14)16-10-5-6-19(8-10)11-3-4-11/h7,10-11H,2-6,8-9H2,1H3,(H,16,17,18). The summed E-state index contributed by atoms with van der Waals surface area (Å²) < 4.78 is 5.34. The Balaban J connectivity index is 1.60. The molecule has 0 amide bonds. The molecule has 1 saturated heterocycles. The molecule has 110 valence electrons. The molecule has 0 spiro atoms. The van der Waals surface area contributed by atoms with E-state index in [0.29, 0.717) is 30.2 Å². The minimum atomic E-state index is 0.407. The highest BCUT2D eigenvalue weighted by Crippen LogP contribution is 2.30. The fourth-order valence-corrected chi connectivity index (χ4v) is 2.88. The first-order chi connectivity index (χ1) is 9.74. The van der Waals surface area contributed by atoms with E-state index in [1.54, 1.807) is 6.07 Å². The van der Waals surface area contributed by atoms with Gasteiger partial charge in [0.2, 0.25) is 0 Å². The number of likely N-dealkylation sites (tertiary alicyclic amines) is 1. The zero-order valence-electron chi connectivity index (χ0n) is 11.8. The van der Waals surface area contributed by atoms with Gasteiger partial charge in [-0.3, -0.25) is 4.90 Å². The first-order valence-electron chi connectivity index (χ1n) is 7.36. The predicted octanol–water partition coefficient (Wildman–Crippen LogP) is 2.32. The van der Waals surface area contributed by atoms with E-state index in [0.717, 1.165) is 18.4 Å². The van der Waals surface area contributed by atoms with Gasteiger partial charge in [-0.2, -0.15) is 0 Å². The van der Waals surface area contributed by atoms with Gasteiger partial charge in [-0.1, -0.05) is 11.6 Å². The van der Waals surface area contributed by atoms with Crippen LogP contribution < -0.4 is 5.32 Å². The van der Waals surface area contributed by atoms with E-state index in [9.17, 15) is 0 Å². The molecular formula is C14H21ClN4O. The molecule has 3 rings (SSSR count). The lowest BCUT2D eigenvalue weighted by molar-refractivity contribution is 0.128. The lowest BCUT2D eigenvalue weighted by atomic mass is 10.2. The molecular weight excluding hydrogens is 276 g/mol. The van der Waals surface area contributed by atoms with Crippen molar-refractivity contribution in [2.45, 2.75) is 44.9 Å². The van der Waals surface area contributed by atoms with Crippen LogP contribution in [0.15, 0.2) is 6.07 Å². The van der Waals surface area contributed by atoms with Gasteiger partial charge in [-0.25, -0.2) is 9.97 Å². The molecule has 5 nitrogen and oxygen atoms in total. The Labute approximate surface area is 124 Å². The largest absolute Gasteiger partial charge is 0.374 e. The molecule has 2 fully saturated rings. The topological polar surface area (TPSA) is 50.3 Å². The van der Waals surface area contributed by atoms with E-state index in [-0.39, 0.29) is 0 Å². The van der Waals surface area contributed by atoms with Gasteiger partial charge >= 0.3 is 0 Å². The number of hydrogen-bond donors (Lipinski definition) is 1. The second-order valence-corrected chi connectivity index (χ2v) is 5.87. The number of rotatable bonds is 6. The van der Waals surface area contributed by atoms with Crippen LogP contribution in [-0.4, -0.2) is 46.6 Å². The molecule has 0 bridgehead atoms. The van der Waals surface area contributed by atoms with Crippen molar-refractivity contribution < 1.29 is 4.74 Å². The molecule has 1 aliphatic carbocycles. The van der Waals surface area contributed by atoms with Gasteiger partial charge in [-0.15, -0.1) is 0 Å². The fraction of sp³-hybridized carbons (Fsp3) is 0.714. The quantitative estimate of drug-likeness (QED) is 0.817. The van der Waals surface area contributed by atoms with Gasteiger partial charge in [0.05, 0.1) is 0 Å². The molecule has 0 radical (unpaired) electrons. The Kier molecular flexibility index (Phi) is 4.38. The first kappa shape index (κ1) is 14.0. The molecule has 1 unspecified atom stereocenters. The van der Waals surface area contributed by atoms with Crippen LogP contribution in [0.2, 0.25) is 5.15 Å². The summed E-state index contributed by atoms with van der Waals surface area (Å²) in [6, 6.07) is 3.09. The maximum atomic E-state index is 6.05. The summed E-state index contributed by atoms with van der Waals surface area (Å²) in [6.07, 6.45) is 3.90. The van der Waals surface area contributed by atoms with Crippen molar-refractivity contribution in [2.24, 2.45) is 0 Å². The Morgan fingerprint density at radius 3 is 3.00 bits per heavy atom. The monoisotopic (exact) mass is 296 g/mol. The number of anilines is 1. The second-order valence-electron chi connectivity index (χ2n) is 5.49. The summed E-state index contributed by atoms with van der Waals surface area (Å²) in [5.41, 5.74) is 0. The Morgan fingerprint density at radius 2 is 2.25 bits per heavy atom. The highest BCUT2D eigenvalue weighted by Gasteiger charge is 2.34. The predicted molar refractivity (Wildman–Crippen MR) is 79.0 cm³/mol. The van der Waals surface area contributed by atoms with Crippen molar-refractivity contribution in [2.75, 3.05) is 25.0 Å². The van der Waals surface area contributed by atoms with Gasteiger partial charge < -0.3 is 10.1 Å². The van der Waals surface area contributed by atoms with Crippen molar-refractivity contribution in [3.63, 3.8) is 0 Å². The van der Waals surface area contributed by atoms with Crippen molar-refractivity contribution in [3.05, 3.63) is 17.0 Å². The van der Waals surface area contributed by atoms with Crippen LogP contribution in [0.1, 0.15) is 32.0 Å². The van der Waals surface area contributed by atoms with E-state index < -0.39 is 0 Å². The van der Waals surface area contributed by atoms with Crippen molar-refractivity contribution in [1.29, 1.82) is 0 Å². The fourth-order valence-electron chi connectivity index (χ4n) is 2.68. The van der Waals surface area contributed by atoms with Gasteiger partial charge in [0.25, 0.3) is 0 Å². The van der Waals surface area contributed by atoms with Crippen LogP contribution in [0.5, 0.6) is 0 Å². The average molecular weight is 297 g/mol. The summed E-state index contributed by atoms with van der Waals surface area (Å²) in [5.74, 6) is 1.45. The van der Waals surface area contributed by atoms with Crippen LogP contribution in [0, 0.1) is 0 Å². The molecule has 1 N–H and O–H groups in total. The molecule has 1 aliphatic heterocycles. The van der Waals surface area contributed by atoms with Gasteiger partial charge in [0.15, 0.2) is 5.82 Å². The first-order valence-corrected chi connectivity index (χ1v) is 7.74. The lowest BCUT2D eigenvalue weighted by Crippen LogP contribution is -2.28. The Morgan fingerprint density at radius 1 is 1.40 bits per heavy atom. The normalized spacial score (nSPS) is 23.2. The third-order valence-electron chi connectivity index (χ3n) is 3.81. The summed E-state index contributed by atoms with van der Waals surface area (Å²) in [7, 11) is 0. The van der Waals surface area contributed by atoms with Gasteiger partial charge in [0.1, 0.15) is 17.6 Å². The second kappa shape index (κ2) is 6.24. The molecule has 2 heterocycles. The van der Waals surface area contributed by atoms with Crippen molar-refractivity contribution in [3.8, 4) is 0 Å². The molecule has 1 atom stereocenters. The van der Waals surface area contributed by atoms with E-state index in [4.69, 9.17) is 16.3 Å². The Bertz CT molecular complexity index is 466. The van der Waals surface area contributed by atoms with Gasteiger partial charge in [0, 0.05) is 37.8 Å². The maximum Gasteiger partial charge on any atom is 0.158 e. The molecule has 1 aromatic rings. The van der Waals surface area contributed by atoms with Crippen molar-refractivity contribution >= 4 is 17.4 Å². The molecule has 0 aromatic carbocycles. The smallest absolute Gasteiger partial charge is 0.158 e. The number of halogens is 1. The highest BCUT2D eigenvalue weighted by atomic mass is 35.5. The zero-order valence-corrected chi connectivity index (χ0v) is 12.6. The summed E-state index contributed by atoms with van der Waals surface area (Å²) in [4.78, 5) is 11.2. The number of nitrogens with zero attached hydrogens (tertiary/aromatic N) is 3. The van der Waals surface area contributed by atoms with E-state index in [1.165, 1.54) is 25.8 Å². The number of aromatic nitrogens is 2. The zero-order chi connectivity index (χ0) is 13.9. The third-order valence-corrected chi connectivity index (χ3v) is 4.01. The number of ether oxygens (including phenoxy) is 1. The SMILES string of the molecule is CCOCc1nc(Cl)cc(NC2CCN(C3CC3)C2)n1. The maximum absolute atomic E-state index is 6.05. The van der Waals surface area contributed by atoms with E-state index in [2.05, 4.69) is 20.2 Å². The van der Waals surface area contributed by atoms with Crippen LogP contribution >= 0.6 is 11.6 Å². The Hall–Kier alpha value is -0.910. The van der Waals surface area contributed by atoms with E-state index in [1.807, 2.05) is 6.92 Å². The minimum absolute atomic E-state index is 0.407. The summed E-state index contributed by atoms with van der Waals surface area (Å²) in [5, 5.41) is 3.95. The molecule has 6 heteroatoms. The molecule has 1 saturated carbocycles. The minimum Gasteiger partial charge on any atom is -0.374 e. The average Bonchev–Trinajstić information content (AvgIpc) is 3.17. The van der Waals surface area contributed by atoms with Crippen LogP contribution in [0.3, 0.4) is 0 Å². The highest BCUT2D eigenvalue weighted by molar-refractivity contribution is 6.29. The van der Waals surface area contributed by atoms with Crippen molar-refractivity contribution in [1.82, 2.24) is 14.9 Å². The summed E-state index contributed by atoms with van der Waals surface area (Å²) >= 11 is 6.05. The van der Waals surface area contributed by atoms with Crippen LogP contribution in [0.25, 0.3) is 0 Å². The molecule has 20 heavy (non-hydrogen) atoms.